The minimum absolute atomic E-state index is 0.104. The number of hydrogen-bond donors (Lipinski definition) is 3. The maximum absolute atomic E-state index is 13.6. The van der Waals surface area contributed by atoms with Gasteiger partial charge >= 0.3 is 0 Å². The van der Waals surface area contributed by atoms with Crippen LogP contribution in [0.1, 0.15) is 84.9 Å². The van der Waals surface area contributed by atoms with Crippen molar-refractivity contribution in [2.24, 2.45) is 16.3 Å². The Hall–Kier alpha value is -2.52. The minimum atomic E-state index is -1.47. The number of rotatable bonds is 7. The number of carbonyl (C=O) groups excluding carboxylic acids is 1. The fourth-order valence-corrected chi connectivity index (χ4v) is 9.47. The van der Waals surface area contributed by atoms with Crippen molar-refractivity contribution in [2.75, 3.05) is 19.7 Å². The van der Waals surface area contributed by atoms with Crippen LogP contribution in [-0.4, -0.2) is 70.6 Å². The zero-order chi connectivity index (χ0) is 30.4. The van der Waals surface area contributed by atoms with Crippen molar-refractivity contribution >= 4 is 22.5 Å². The van der Waals surface area contributed by atoms with E-state index in [0.29, 0.717) is 37.9 Å². The van der Waals surface area contributed by atoms with Gasteiger partial charge in [0.2, 0.25) is 5.91 Å². The molecule has 7 atom stereocenters. The average Bonchev–Trinajstić information content (AvgIpc) is 3.56. The Labute approximate surface area is 254 Å². The Morgan fingerprint density at radius 3 is 2.72 bits per heavy atom. The van der Waals surface area contributed by atoms with E-state index in [4.69, 9.17) is 19.2 Å². The maximum atomic E-state index is 13.6. The summed E-state index contributed by atoms with van der Waals surface area (Å²) in [7, 11) is 0. The molecule has 2 unspecified atom stereocenters. The molecule has 43 heavy (non-hydrogen) atoms. The number of aliphatic imine (C=N–C) groups is 1. The number of fused-ring (bicyclic) bond motifs is 9. The summed E-state index contributed by atoms with van der Waals surface area (Å²) >= 11 is 0. The van der Waals surface area contributed by atoms with Gasteiger partial charge in [-0.3, -0.25) is 9.79 Å². The Bertz CT molecular complexity index is 1530. The van der Waals surface area contributed by atoms with Gasteiger partial charge in [-0.15, -0.1) is 0 Å². The van der Waals surface area contributed by atoms with E-state index in [1.54, 1.807) is 0 Å². The van der Waals surface area contributed by atoms with Crippen molar-refractivity contribution in [3.63, 3.8) is 0 Å². The summed E-state index contributed by atoms with van der Waals surface area (Å²) in [4.78, 5) is 21.6. The highest BCUT2D eigenvalue weighted by atomic mass is 16.8. The lowest BCUT2D eigenvalue weighted by atomic mass is 9.41. The summed E-state index contributed by atoms with van der Waals surface area (Å²) in [6, 6.07) is 8.51. The Morgan fingerprint density at radius 2 is 1.95 bits per heavy atom. The highest BCUT2D eigenvalue weighted by Crippen LogP contribution is 2.72. The predicted octanol–water partition coefficient (Wildman–Crippen LogP) is 5.13. The van der Waals surface area contributed by atoms with Crippen LogP contribution in [0.15, 0.2) is 40.9 Å². The zero-order valence-corrected chi connectivity index (χ0v) is 26.5. The van der Waals surface area contributed by atoms with E-state index in [2.05, 4.69) is 75.3 Å². The summed E-state index contributed by atoms with van der Waals surface area (Å²) < 4.78 is 20.2. The molecular formula is C35H47N3O5. The monoisotopic (exact) mass is 589 g/mol. The number of nitrogens with one attached hydrogen (secondary N) is 2. The van der Waals surface area contributed by atoms with Crippen molar-refractivity contribution in [3.05, 3.63) is 47.2 Å². The first-order valence-corrected chi connectivity index (χ1v) is 16.3. The van der Waals surface area contributed by atoms with Gasteiger partial charge in [0.05, 0.1) is 17.4 Å². The van der Waals surface area contributed by atoms with Crippen molar-refractivity contribution < 1.29 is 24.1 Å². The van der Waals surface area contributed by atoms with Crippen molar-refractivity contribution in [1.29, 1.82) is 0 Å². The molecule has 1 spiro atoms. The number of hydrogen-bond acceptors (Lipinski definition) is 6. The van der Waals surface area contributed by atoms with Crippen LogP contribution in [0.4, 0.5) is 0 Å². The topological polar surface area (TPSA) is 105 Å². The fourth-order valence-electron chi connectivity index (χ4n) is 9.47. The Kier molecular flexibility index (Phi) is 6.61. The normalized spacial score (nSPS) is 39.7. The molecule has 3 heterocycles. The second-order valence-electron chi connectivity index (χ2n) is 14.4. The third-order valence-electron chi connectivity index (χ3n) is 11.8. The van der Waals surface area contributed by atoms with Crippen LogP contribution >= 0.6 is 0 Å². The van der Waals surface area contributed by atoms with Crippen molar-refractivity contribution in [1.82, 2.24) is 10.3 Å². The number of H-pyrrole nitrogens is 1. The maximum Gasteiger partial charge on any atom is 0.246 e. The van der Waals surface area contributed by atoms with E-state index < -0.39 is 28.5 Å². The second-order valence-corrected chi connectivity index (χ2v) is 14.4. The van der Waals surface area contributed by atoms with E-state index in [-0.39, 0.29) is 30.0 Å². The van der Waals surface area contributed by atoms with Crippen LogP contribution in [-0.2, 0) is 30.8 Å². The summed E-state index contributed by atoms with van der Waals surface area (Å²) in [5, 5.41) is 17.8. The van der Waals surface area contributed by atoms with Crippen LogP contribution in [0.25, 0.3) is 10.9 Å². The molecule has 0 radical (unpaired) electrons. The third kappa shape index (κ3) is 3.76. The Balaban J connectivity index is 1.40. The number of ether oxygens (including phenoxy) is 3. The molecule has 8 heteroatoms. The van der Waals surface area contributed by atoms with Crippen molar-refractivity contribution in [3.8, 4) is 0 Å². The molecule has 3 aliphatic carbocycles. The number of para-hydroxylation sites is 1. The molecule has 2 aliphatic heterocycles. The minimum Gasteiger partial charge on any atom is -0.382 e. The molecule has 1 aromatic carbocycles. The first-order valence-electron chi connectivity index (χ1n) is 16.3. The molecule has 3 N–H and O–H groups in total. The summed E-state index contributed by atoms with van der Waals surface area (Å²) in [6.45, 7) is 14.0. The molecule has 1 amide bonds. The SMILES string of the molecule is CCCN=C1C=C2C3(CCC4(C)[C@@]5(C)c6[nH]c7ccccc7c6C[C@@H]5C[C@H](OCC(=O)NCCC)[C@@]24O)O[C@@H]1C(C)(C)O3. The van der Waals surface area contributed by atoms with Gasteiger partial charge in [0, 0.05) is 52.5 Å². The van der Waals surface area contributed by atoms with Gasteiger partial charge in [0.15, 0.2) is 5.79 Å². The summed E-state index contributed by atoms with van der Waals surface area (Å²) in [5.41, 5.74) is 2.10. The molecule has 2 bridgehead atoms. The number of carbonyl (C=O) groups is 1. The van der Waals surface area contributed by atoms with E-state index in [9.17, 15) is 9.90 Å². The third-order valence-corrected chi connectivity index (χ3v) is 11.8. The van der Waals surface area contributed by atoms with Gasteiger partial charge in [0.25, 0.3) is 0 Å². The van der Waals surface area contributed by atoms with E-state index in [1.165, 1.54) is 16.6 Å². The van der Waals surface area contributed by atoms with Gasteiger partial charge in [-0.2, -0.15) is 0 Å². The number of aromatic nitrogens is 1. The number of aliphatic hydroxyl groups is 1. The molecule has 2 saturated carbocycles. The van der Waals surface area contributed by atoms with Gasteiger partial charge in [-0.05, 0) is 69.6 Å². The first-order chi connectivity index (χ1) is 20.4. The molecule has 7 rings (SSSR count). The highest BCUT2D eigenvalue weighted by Gasteiger charge is 2.77. The van der Waals surface area contributed by atoms with Crippen LogP contribution in [0.2, 0.25) is 0 Å². The largest absolute Gasteiger partial charge is 0.382 e. The van der Waals surface area contributed by atoms with Crippen molar-refractivity contribution in [2.45, 2.75) is 115 Å². The number of nitrogens with zero attached hydrogens (tertiary/aromatic N) is 1. The summed E-state index contributed by atoms with van der Waals surface area (Å²) in [6.07, 6.45) is 5.72. The quantitative estimate of drug-likeness (QED) is 0.416. The van der Waals surface area contributed by atoms with Gasteiger partial charge in [-0.1, -0.05) is 45.9 Å². The van der Waals surface area contributed by atoms with Gasteiger partial charge in [-0.25, -0.2) is 0 Å². The van der Waals surface area contributed by atoms with Crippen LogP contribution in [0.5, 0.6) is 0 Å². The average molecular weight is 590 g/mol. The number of benzene rings is 1. The second kappa shape index (κ2) is 9.74. The van der Waals surface area contributed by atoms with Gasteiger partial charge in [0.1, 0.15) is 18.3 Å². The Morgan fingerprint density at radius 1 is 1.16 bits per heavy atom. The predicted molar refractivity (Wildman–Crippen MR) is 166 cm³/mol. The smallest absolute Gasteiger partial charge is 0.246 e. The van der Waals surface area contributed by atoms with Crippen LogP contribution in [0.3, 0.4) is 0 Å². The molecule has 1 saturated heterocycles. The molecule has 1 aromatic heterocycles. The zero-order valence-electron chi connectivity index (χ0n) is 26.5. The lowest BCUT2D eigenvalue weighted by molar-refractivity contribution is -0.278. The van der Waals surface area contributed by atoms with Crippen LogP contribution in [0, 0.1) is 11.3 Å². The fraction of sp³-hybridized carbons (Fsp3) is 0.657. The molecule has 2 aromatic rings. The summed E-state index contributed by atoms with van der Waals surface area (Å²) in [5.74, 6) is -0.996. The number of aromatic amines is 1. The lowest BCUT2D eigenvalue weighted by Crippen LogP contribution is -2.75. The lowest BCUT2D eigenvalue weighted by Gasteiger charge is -2.67. The van der Waals surface area contributed by atoms with E-state index in [1.807, 2.05) is 6.92 Å². The molecule has 232 valence electrons. The molecule has 5 aliphatic rings. The number of amides is 1. The van der Waals surface area contributed by atoms with E-state index in [0.717, 1.165) is 30.5 Å². The van der Waals surface area contributed by atoms with Crippen LogP contribution < -0.4 is 5.32 Å². The standard InChI is InChI=1S/C35H47N3O5/c1-7-15-36-25-19-26-34(42-30(25)31(3,4)43-34)14-13-32(5)33(6)21(17-23-22-11-9-10-12-24(22)38-29(23)33)18-27(35(26,32)40)41-20-28(39)37-16-8-2/h9-12,19,21,27,30,38,40H,7-8,13-18,20H2,1-6H3,(H,37,39)/t21-,27+,30+,32?,33-,34?,35+/m1/s1. The first kappa shape index (κ1) is 29.2. The highest BCUT2D eigenvalue weighted by molar-refractivity contribution is 6.02. The molecule has 8 nitrogen and oxygen atoms in total. The molecular weight excluding hydrogens is 542 g/mol. The van der Waals surface area contributed by atoms with E-state index >= 15 is 0 Å². The molecule has 3 fully saturated rings. The van der Waals surface area contributed by atoms with Gasteiger partial charge < -0.3 is 29.6 Å².